The quantitative estimate of drug-likeness (QED) is 0.0259. The van der Waals surface area contributed by atoms with E-state index in [9.17, 15) is 28.8 Å². The lowest BCUT2D eigenvalue weighted by Crippen LogP contribution is -2.29. The highest BCUT2D eigenvalue weighted by molar-refractivity contribution is 6.76. The Morgan fingerprint density at radius 1 is 0.836 bits per heavy atom. The number of carbonyl (C=O) groups excluding carboxylic acids is 4. The van der Waals surface area contributed by atoms with Crippen LogP contribution in [-0.4, -0.2) is 127 Å². The van der Waals surface area contributed by atoms with Gasteiger partial charge in [-0.3, -0.25) is 14.4 Å². The zero-order valence-electron chi connectivity index (χ0n) is 34.2. The molecule has 314 valence electrons. The maximum Gasteiger partial charge on any atom is 0.366 e. The number of alkyl halides is 1. The van der Waals surface area contributed by atoms with Crippen molar-refractivity contribution in [1.29, 1.82) is 0 Å². The van der Waals surface area contributed by atoms with Crippen molar-refractivity contribution in [1.82, 2.24) is 40.0 Å². The Balaban J connectivity index is -0.000000663. The fourth-order valence-corrected chi connectivity index (χ4v) is 4.60. The minimum absolute atomic E-state index is 0.0382. The van der Waals surface area contributed by atoms with E-state index in [2.05, 4.69) is 84.7 Å². The maximum atomic E-state index is 11.8. The third kappa shape index (κ3) is 38.0. The van der Waals surface area contributed by atoms with Gasteiger partial charge in [-0.05, 0) is 64.2 Å². The third-order valence-electron chi connectivity index (χ3n) is 5.39. The van der Waals surface area contributed by atoms with Gasteiger partial charge in [0.15, 0.2) is 5.78 Å². The smallest absolute Gasteiger partial charge is 0.366 e. The molecule has 2 aromatic heterocycles. The number of Topliss-reactive ketones (excluding diaryl/α,β-unsaturated/α-hetero) is 1. The van der Waals surface area contributed by atoms with Crippen molar-refractivity contribution in [3.05, 3.63) is 31.4 Å². The second kappa shape index (κ2) is 31.1. The summed E-state index contributed by atoms with van der Waals surface area (Å²) in [4.78, 5) is 69.5. The molecule has 0 bridgehead atoms. The van der Waals surface area contributed by atoms with Crippen molar-refractivity contribution < 1.29 is 38.1 Å². The molecule has 0 aromatic carbocycles. The standard InChI is InChI=1S/C11H22N4O4Si.C6H15ClOSi.C5H8N4O3.C4H5NO2.C3H9N3Si/c1-5-19-10(16)8-14-11(17)15(13-12-14)9-18-6-7-20(2,3)4;1-9(2,3)5-4-8-6-7;1-2-12-4(10)3-9-5(11)6-7-8-9;1-4(7)2-5-3-6;1-7(2,3)6-5-4/h5-9H2,1-4H3;4-6H2,1-3H3;2-3H2,1H3,(H,6,8,11);2H2,1H3;1-3H3. The van der Waals surface area contributed by atoms with Gasteiger partial charge in [-0.25, -0.2) is 19.5 Å². The molecule has 0 fully saturated rings. The lowest BCUT2D eigenvalue weighted by Gasteiger charge is -2.14. The van der Waals surface area contributed by atoms with Crippen molar-refractivity contribution in [2.45, 2.75) is 112 Å². The van der Waals surface area contributed by atoms with Gasteiger partial charge >= 0.3 is 23.3 Å². The van der Waals surface area contributed by atoms with Crippen LogP contribution in [0.3, 0.4) is 0 Å². The van der Waals surface area contributed by atoms with Gasteiger partial charge in [-0.2, -0.15) is 19.0 Å². The zero-order valence-corrected chi connectivity index (χ0v) is 37.9. The molecule has 0 saturated heterocycles. The highest BCUT2D eigenvalue weighted by Crippen LogP contribution is 2.08. The lowest BCUT2D eigenvalue weighted by molar-refractivity contribution is -0.145. The summed E-state index contributed by atoms with van der Waals surface area (Å²) in [6.45, 7) is 26.0. The number of hydrogen-bond acceptors (Lipinski definition) is 16. The molecule has 0 radical (unpaired) electrons. The minimum Gasteiger partial charge on any atom is -0.465 e. The summed E-state index contributed by atoms with van der Waals surface area (Å²) in [5.74, 6) is -1.14. The van der Waals surface area contributed by atoms with Gasteiger partial charge in [0, 0.05) is 29.4 Å². The SMILES string of the molecule is CC(=O)CN=C=O.CCOC(=O)Cn1nn[nH]c1=O.CCOC(=O)Cn1nnn(COCC[Si](C)(C)C)c1=O.C[Si](C)(C)CCOCCl.C[Si](C)(C)N=[N+]=[N-]. The monoisotopic (exact) mass is 854 g/mol. The molecule has 0 unspecified atom stereocenters. The Hall–Kier alpha value is -4.10. The Labute approximate surface area is 329 Å². The van der Waals surface area contributed by atoms with Crippen LogP contribution in [-0.2, 0) is 57.9 Å². The maximum absolute atomic E-state index is 11.8. The number of rotatable bonds is 18. The van der Waals surface area contributed by atoms with Crippen LogP contribution in [0.5, 0.6) is 0 Å². The summed E-state index contributed by atoms with van der Waals surface area (Å²) >= 11 is 5.32. The Morgan fingerprint density at radius 2 is 1.33 bits per heavy atom. The third-order valence-corrected chi connectivity index (χ3v) is 9.65. The van der Waals surface area contributed by atoms with Crippen LogP contribution in [0.4, 0.5) is 0 Å². The number of carbonyl (C=O) groups is 3. The number of nitrogens with one attached hydrogen (secondary N) is 1. The molecule has 0 aliphatic rings. The number of aliphatic imine (C=N–C) groups is 1. The molecule has 55 heavy (non-hydrogen) atoms. The van der Waals surface area contributed by atoms with Crippen molar-refractivity contribution in [2.75, 3.05) is 39.0 Å². The number of esters is 2. The largest absolute Gasteiger partial charge is 0.465 e. The van der Waals surface area contributed by atoms with Gasteiger partial charge in [-0.1, -0.05) is 70.5 Å². The number of azide groups is 1. The molecule has 0 atom stereocenters. The summed E-state index contributed by atoms with van der Waals surface area (Å²) in [6.07, 6.45) is 1.25. The van der Waals surface area contributed by atoms with Crippen molar-refractivity contribution in [3.8, 4) is 0 Å². The van der Waals surface area contributed by atoms with E-state index in [1.54, 1.807) is 13.8 Å². The summed E-state index contributed by atoms with van der Waals surface area (Å²) < 4.78 is 26.3. The van der Waals surface area contributed by atoms with E-state index in [4.69, 9.17) is 31.3 Å². The number of tetrazole rings is 2. The van der Waals surface area contributed by atoms with Crippen LogP contribution in [0.15, 0.2) is 19.4 Å². The summed E-state index contributed by atoms with van der Waals surface area (Å²) in [7, 11) is -3.48. The van der Waals surface area contributed by atoms with E-state index in [1.807, 2.05) is 19.6 Å². The van der Waals surface area contributed by atoms with E-state index >= 15 is 0 Å². The molecule has 26 heteroatoms. The Bertz CT molecular complexity index is 1590. The molecule has 22 nitrogen and oxygen atoms in total. The average Bonchev–Trinajstić information content (AvgIpc) is 3.61. The molecule has 2 aromatic rings. The highest BCUT2D eigenvalue weighted by atomic mass is 35.5. The minimum atomic E-state index is -1.45. The number of aromatic nitrogens is 8. The van der Waals surface area contributed by atoms with Crippen molar-refractivity contribution in [2.24, 2.45) is 9.77 Å². The number of H-pyrrole nitrogens is 1. The van der Waals surface area contributed by atoms with Crippen molar-refractivity contribution in [3.63, 3.8) is 0 Å². The Morgan fingerprint density at radius 3 is 1.67 bits per heavy atom. The second-order valence-electron chi connectivity index (χ2n) is 14.3. The topological polar surface area (TPSA) is 283 Å². The van der Waals surface area contributed by atoms with Crippen LogP contribution in [0.1, 0.15) is 20.8 Å². The molecular weight excluding hydrogens is 796 g/mol. The zero-order chi connectivity index (χ0) is 43.1. The summed E-state index contributed by atoms with van der Waals surface area (Å²) in [5, 5.41) is 15.9. The molecule has 2 rings (SSSR count). The second-order valence-corrected chi connectivity index (χ2v) is 30.3. The number of hydrogen-bond donors (Lipinski definition) is 1. The van der Waals surface area contributed by atoms with E-state index in [-0.39, 0.29) is 45.4 Å². The number of aromatic amines is 1. The Kier molecular flexibility index (Phi) is 31.3. The number of nitrogens with zero attached hydrogens (tertiary/aromatic N) is 11. The number of isocyanates is 1. The molecule has 0 aliphatic heterocycles. The molecule has 0 spiro atoms. The average molecular weight is 856 g/mol. The van der Waals surface area contributed by atoms with Crippen LogP contribution < -0.4 is 11.4 Å². The molecule has 0 aliphatic carbocycles. The lowest BCUT2D eigenvalue weighted by atomic mass is 10.5. The molecule has 0 saturated carbocycles. The van der Waals surface area contributed by atoms with Gasteiger partial charge in [0.2, 0.25) is 6.08 Å². The van der Waals surface area contributed by atoms with Gasteiger partial charge < -0.3 is 18.9 Å². The van der Waals surface area contributed by atoms with Gasteiger partial charge in [0.1, 0.15) is 40.7 Å². The van der Waals surface area contributed by atoms with E-state index in [0.29, 0.717) is 12.7 Å². The van der Waals surface area contributed by atoms with Crippen LogP contribution in [0.25, 0.3) is 10.4 Å². The fraction of sp³-hybridized carbons (Fsp3) is 0.793. The molecule has 0 amide bonds. The van der Waals surface area contributed by atoms with Gasteiger partial charge in [-0.15, -0.1) is 4.78 Å². The summed E-state index contributed by atoms with van der Waals surface area (Å²) in [5.41, 5.74) is 6.89. The predicted octanol–water partition coefficient (Wildman–Crippen LogP) is 3.43. The molecule has 1 N–H and O–H groups in total. The fourth-order valence-electron chi connectivity index (χ4n) is 2.71. The van der Waals surface area contributed by atoms with Crippen LogP contribution in [0.2, 0.25) is 71.0 Å². The predicted molar refractivity (Wildman–Crippen MR) is 213 cm³/mol. The van der Waals surface area contributed by atoms with Gasteiger partial charge in [0.05, 0.1) is 13.2 Å². The van der Waals surface area contributed by atoms with Gasteiger partial charge in [0.25, 0.3) is 0 Å². The number of ketones is 1. The highest BCUT2D eigenvalue weighted by Gasteiger charge is 2.14. The van der Waals surface area contributed by atoms with E-state index in [0.717, 1.165) is 26.7 Å². The molecular formula is C29H59ClN12O10Si3. The first-order valence-electron chi connectivity index (χ1n) is 17.1. The van der Waals surface area contributed by atoms with Crippen molar-refractivity contribution >= 4 is 59.8 Å². The molecule has 2 heterocycles. The number of ether oxygens (including phenoxy) is 4. The summed E-state index contributed by atoms with van der Waals surface area (Å²) in [6, 6.07) is 2.56. The number of halogens is 1. The van der Waals surface area contributed by atoms with E-state index in [1.165, 1.54) is 19.0 Å². The first-order chi connectivity index (χ1) is 25.5. The van der Waals surface area contributed by atoms with Crippen LogP contribution >= 0.6 is 11.6 Å². The first-order valence-corrected chi connectivity index (χ1v) is 28.5. The first kappa shape index (κ1) is 55.2. The van der Waals surface area contributed by atoms with E-state index < -0.39 is 47.7 Å². The normalized spacial score (nSPS) is 10.5. The van der Waals surface area contributed by atoms with Crippen LogP contribution in [0, 0.1) is 0 Å².